The summed E-state index contributed by atoms with van der Waals surface area (Å²) in [5.41, 5.74) is 0. The molecule has 0 saturated heterocycles. The first-order chi connectivity index (χ1) is 17.5. The summed E-state index contributed by atoms with van der Waals surface area (Å²) >= 11 is 0. The molecule has 0 saturated carbocycles. The predicted octanol–water partition coefficient (Wildman–Crippen LogP) is 3.27. The normalized spacial score (nSPS) is 13.4. The molecule has 0 radical (unpaired) electrons. The minimum Gasteiger partial charge on any atom is -0.460 e. The van der Waals surface area contributed by atoms with Crippen LogP contribution >= 0.6 is 0 Å². The number of hydrogen-bond acceptors (Lipinski definition) is 11. The Morgan fingerprint density at radius 2 is 0.838 bits per heavy atom. The zero-order chi connectivity index (χ0) is 28.6. The molecule has 0 heterocycles. The molecular formula is C20H46F2O11Si4. The second-order valence-electron chi connectivity index (χ2n) is 8.46. The summed E-state index contributed by atoms with van der Waals surface area (Å²) in [7, 11) is 2.52. The van der Waals surface area contributed by atoms with Crippen molar-refractivity contribution in [1.82, 2.24) is 0 Å². The second-order valence-corrected chi connectivity index (χ2v) is 22.7. The first-order valence-corrected chi connectivity index (χ1v) is 20.5. The number of rotatable bonds is 23. The van der Waals surface area contributed by atoms with Crippen molar-refractivity contribution in [3.05, 3.63) is 0 Å². The highest BCUT2D eigenvalue weighted by molar-refractivity contribution is 6.83. The smallest absolute Gasteiger partial charge is 0.460 e. The van der Waals surface area contributed by atoms with Gasteiger partial charge < -0.3 is 44.6 Å². The molecule has 0 aromatic carbocycles. The average Bonchev–Trinajstić information content (AvgIpc) is 2.93. The number of hydrogen-bond donors (Lipinski definition) is 0. The van der Waals surface area contributed by atoms with Gasteiger partial charge in [0.1, 0.15) is 0 Å². The van der Waals surface area contributed by atoms with E-state index in [2.05, 4.69) is 0 Å². The van der Waals surface area contributed by atoms with Gasteiger partial charge >= 0.3 is 32.4 Å². The van der Waals surface area contributed by atoms with Gasteiger partial charge in [-0.15, -0.1) is 0 Å². The Hall–Kier alpha value is -0.162. The summed E-state index contributed by atoms with van der Waals surface area (Å²) in [5, 5.41) is 0. The highest BCUT2D eigenvalue weighted by Crippen LogP contribution is 2.38. The molecule has 0 aromatic heterocycles. The van der Waals surface area contributed by atoms with Crippen LogP contribution in [0.1, 0.15) is 6.42 Å². The molecule has 0 aliphatic carbocycles. The lowest BCUT2D eigenvalue weighted by molar-refractivity contribution is -0.147. The molecule has 0 aromatic rings. The summed E-state index contributed by atoms with van der Waals surface area (Å²) in [6.07, 6.45) is -2.74. The molecule has 0 spiro atoms. The third-order valence-corrected chi connectivity index (χ3v) is 21.8. The van der Waals surface area contributed by atoms with Crippen LogP contribution in [-0.2, 0) is 49.4 Å². The molecular weight excluding hydrogens is 567 g/mol. The molecule has 11 nitrogen and oxygen atoms in total. The molecule has 0 aliphatic rings. The van der Waals surface area contributed by atoms with E-state index in [-0.39, 0.29) is 6.42 Å². The lowest BCUT2D eigenvalue weighted by atomic mass is 10.5. The maximum Gasteiger partial charge on any atom is 0.499 e. The molecule has 0 N–H and O–H groups in total. The summed E-state index contributed by atoms with van der Waals surface area (Å²) in [5.74, 6) is -0.673. The standard InChI is InChI=1S/C20H46F2O11Si4/c1-24-35(25-2,26-3)15-12-34(11-10-20(23)33-18-19(21)22,13-16-36(27-4,28-5)29-6)14-17-37(30-7,31-8)32-9/h19H,10-18H2,1-9H3. The van der Waals surface area contributed by atoms with E-state index in [9.17, 15) is 13.6 Å². The van der Waals surface area contributed by atoms with Gasteiger partial charge in [0, 0.05) is 88.5 Å². The summed E-state index contributed by atoms with van der Waals surface area (Å²) in [6, 6.07) is 3.91. The van der Waals surface area contributed by atoms with Crippen LogP contribution in [0.3, 0.4) is 0 Å². The summed E-state index contributed by atoms with van der Waals surface area (Å²) < 4.78 is 80.8. The quantitative estimate of drug-likeness (QED) is 0.125. The maximum atomic E-state index is 12.6. The lowest BCUT2D eigenvalue weighted by Crippen LogP contribution is -2.50. The van der Waals surface area contributed by atoms with E-state index in [1.54, 1.807) is 64.0 Å². The van der Waals surface area contributed by atoms with Crippen molar-refractivity contribution >= 4 is 40.5 Å². The topological polar surface area (TPSA) is 109 Å². The molecule has 0 unspecified atom stereocenters. The number of halogens is 2. The number of carbonyl (C=O) groups excluding carboxylic acids is 1. The van der Waals surface area contributed by atoms with Gasteiger partial charge in [-0.05, 0) is 6.04 Å². The minimum absolute atomic E-state index is 0.0105. The van der Waals surface area contributed by atoms with Gasteiger partial charge in [0.25, 0.3) is 6.43 Å². The highest BCUT2D eigenvalue weighted by atomic mass is 28.4. The van der Waals surface area contributed by atoms with Crippen molar-refractivity contribution in [2.75, 3.05) is 70.6 Å². The van der Waals surface area contributed by atoms with Crippen LogP contribution in [0, 0.1) is 0 Å². The van der Waals surface area contributed by atoms with Crippen LogP contribution in [0.2, 0.25) is 42.3 Å². The second kappa shape index (κ2) is 18.2. The Labute approximate surface area is 224 Å². The zero-order valence-corrected chi connectivity index (χ0v) is 27.7. The summed E-state index contributed by atoms with van der Waals surface area (Å²) in [6.45, 7) is -0.930. The molecule has 17 heteroatoms. The van der Waals surface area contributed by atoms with Gasteiger partial charge in [0.2, 0.25) is 0 Å². The van der Waals surface area contributed by atoms with Crippen molar-refractivity contribution in [3.63, 3.8) is 0 Å². The fraction of sp³-hybridized carbons (Fsp3) is 0.950. The fourth-order valence-electron chi connectivity index (χ4n) is 4.27. The van der Waals surface area contributed by atoms with Crippen LogP contribution in [0.25, 0.3) is 0 Å². The largest absolute Gasteiger partial charge is 0.499 e. The van der Waals surface area contributed by atoms with Crippen molar-refractivity contribution in [3.8, 4) is 0 Å². The van der Waals surface area contributed by atoms with Crippen molar-refractivity contribution in [1.29, 1.82) is 0 Å². The van der Waals surface area contributed by atoms with Crippen LogP contribution < -0.4 is 0 Å². The zero-order valence-electron chi connectivity index (χ0n) is 23.7. The molecule has 37 heavy (non-hydrogen) atoms. The van der Waals surface area contributed by atoms with E-state index in [1.165, 1.54) is 0 Å². The number of alkyl halides is 2. The molecule has 0 aliphatic heterocycles. The SMILES string of the molecule is CO[Si](CC[Si](CCC(=O)OCC(F)F)(CC[Si](OC)(OC)OC)CC[Si](OC)(OC)OC)(OC)OC. The predicted molar refractivity (Wildman–Crippen MR) is 141 cm³/mol. The first-order valence-electron chi connectivity index (χ1n) is 11.9. The van der Waals surface area contributed by atoms with E-state index >= 15 is 0 Å². The Balaban J connectivity index is 6.26. The Morgan fingerprint density at radius 1 is 0.541 bits per heavy atom. The fourth-order valence-corrected chi connectivity index (χ4v) is 19.9. The number of ether oxygens (including phenoxy) is 1. The van der Waals surface area contributed by atoms with Crippen molar-refractivity contribution < 1.29 is 58.1 Å². The van der Waals surface area contributed by atoms with Gasteiger partial charge in [-0.1, -0.05) is 18.1 Å². The highest BCUT2D eigenvalue weighted by Gasteiger charge is 2.48. The summed E-state index contributed by atoms with van der Waals surface area (Å²) in [4.78, 5) is 12.4. The molecule has 0 bridgehead atoms. The van der Waals surface area contributed by atoms with Crippen molar-refractivity contribution in [2.24, 2.45) is 0 Å². The van der Waals surface area contributed by atoms with Crippen LogP contribution in [0.5, 0.6) is 0 Å². The lowest BCUT2D eigenvalue weighted by Gasteiger charge is -2.38. The Morgan fingerprint density at radius 3 is 1.08 bits per heavy atom. The van der Waals surface area contributed by atoms with E-state index in [0.29, 0.717) is 42.3 Å². The van der Waals surface area contributed by atoms with Crippen molar-refractivity contribution in [2.45, 2.75) is 55.2 Å². The van der Waals surface area contributed by atoms with Gasteiger partial charge in [-0.2, -0.15) is 0 Å². The van der Waals surface area contributed by atoms with Gasteiger partial charge in [0.15, 0.2) is 6.61 Å². The van der Waals surface area contributed by atoms with Gasteiger partial charge in [-0.3, -0.25) is 4.79 Å². The van der Waals surface area contributed by atoms with Crippen LogP contribution in [0.15, 0.2) is 0 Å². The maximum absolute atomic E-state index is 12.6. The van der Waals surface area contributed by atoms with Gasteiger partial charge in [-0.25, -0.2) is 8.78 Å². The monoisotopic (exact) mass is 612 g/mol. The molecule has 0 amide bonds. The Bertz CT molecular complexity index is 540. The molecule has 0 rings (SSSR count). The third-order valence-electron chi connectivity index (χ3n) is 6.91. The number of carbonyl (C=O) groups is 1. The average molecular weight is 613 g/mol. The molecule has 0 fully saturated rings. The first kappa shape index (κ1) is 36.8. The number of esters is 1. The minimum atomic E-state index is -2.96. The van der Waals surface area contributed by atoms with E-state index < -0.39 is 53.5 Å². The van der Waals surface area contributed by atoms with Crippen LogP contribution in [0.4, 0.5) is 8.78 Å². The van der Waals surface area contributed by atoms with E-state index in [0.717, 1.165) is 0 Å². The Kier molecular flexibility index (Phi) is 18.2. The van der Waals surface area contributed by atoms with E-state index in [4.69, 9.17) is 44.6 Å². The van der Waals surface area contributed by atoms with Gasteiger partial charge in [0.05, 0.1) is 8.07 Å². The molecule has 0 atom stereocenters. The third kappa shape index (κ3) is 11.9. The van der Waals surface area contributed by atoms with E-state index in [1.807, 2.05) is 0 Å². The molecule has 222 valence electrons. The van der Waals surface area contributed by atoms with Crippen LogP contribution in [-0.4, -0.2) is 117 Å².